The van der Waals surface area contributed by atoms with Crippen molar-refractivity contribution in [1.82, 2.24) is 0 Å². The van der Waals surface area contributed by atoms with Crippen molar-refractivity contribution in [2.45, 2.75) is 6.92 Å². The van der Waals surface area contributed by atoms with Crippen LogP contribution in [0.15, 0.2) is 46.9 Å². The maximum absolute atomic E-state index is 13.7. The lowest BCUT2D eigenvalue weighted by atomic mass is 10.2. The minimum Gasteiger partial charge on any atom is -0.488 e. The Balaban J connectivity index is 1.74. The fraction of sp³-hybridized carbons (Fsp3) is 0.278. The average Bonchev–Trinajstić information content (AvgIpc) is 2.52. The largest absolute Gasteiger partial charge is 0.488 e. The van der Waals surface area contributed by atoms with E-state index in [1.807, 2.05) is 31.3 Å². The summed E-state index contributed by atoms with van der Waals surface area (Å²) in [6.45, 7) is 3.22. The topological polar surface area (TPSA) is 42.8 Å². The van der Waals surface area contributed by atoms with Gasteiger partial charge in [0.1, 0.15) is 24.7 Å². The first-order valence-corrected chi connectivity index (χ1v) is 8.49. The average molecular weight is 396 g/mol. The van der Waals surface area contributed by atoms with Gasteiger partial charge in [-0.1, -0.05) is 22.0 Å². The molecule has 0 saturated carbocycles. The zero-order valence-electron chi connectivity index (χ0n) is 13.7. The van der Waals surface area contributed by atoms with Gasteiger partial charge in [-0.25, -0.2) is 4.39 Å². The molecule has 128 valence electrons. The van der Waals surface area contributed by atoms with E-state index in [0.717, 1.165) is 20.7 Å². The van der Waals surface area contributed by atoms with Gasteiger partial charge in [0.15, 0.2) is 6.54 Å². The number of carbonyl (C=O) groups is 1. The zero-order chi connectivity index (χ0) is 17.5. The van der Waals surface area contributed by atoms with Crippen LogP contribution in [0.2, 0.25) is 0 Å². The number of nitrogens with one attached hydrogen (secondary N) is 2. The van der Waals surface area contributed by atoms with Crippen molar-refractivity contribution < 1.29 is 18.8 Å². The van der Waals surface area contributed by atoms with Crippen LogP contribution >= 0.6 is 15.9 Å². The number of amides is 1. The molecule has 0 spiro atoms. The van der Waals surface area contributed by atoms with Crippen molar-refractivity contribution in [3.05, 3.63) is 58.3 Å². The highest BCUT2D eigenvalue weighted by Crippen LogP contribution is 2.16. The molecule has 1 unspecified atom stereocenters. The third-order valence-corrected chi connectivity index (χ3v) is 4.00. The van der Waals surface area contributed by atoms with E-state index >= 15 is 0 Å². The Morgan fingerprint density at radius 3 is 2.62 bits per heavy atom. The fourth-order valence-corrected chi connectivity index (χ4v) is 2.42. The Hall–Kier alpha value is -1.92. The standard InChI is InChI=1S/C18H20BrFN2O2/c1-13-3-8-17(16(20)11-13)21-18(23)12-22(2)9-10-24-15-6-4-14(19)5-7-15/h3-8,11H,9-10,12H2,1-2H3,(H,21,23)/p+1. The number of hydrogen-bond acceptors (Lipinski definition) is 2. The first-order valence-electron chi connectivity index (χ1n) is 7.69. The van der Waals surface area contributed by atoms with Gasteiger partial charge in [0, 0.05) is 4.47 Å². The predicted octanol–water partition coefficient (Wildman–Crippen LogP) is 2.43. The lowest BCUT2D eigenvalue weighted by Crippen LogP contribution is -3.10. The van der Waals surface area contributed by atoms with E-state index < -0.39 is 5.82 Å². The smallest absolute Gasteiger partial charge is 0.279 e. The van der Waals surface area contributed by atoms with Crippen LogP contribution in [0.5, 0.6) is 5.75 Å². The van der Waals surface area contributed by atoms with E-state index in [9.17, 15) is 9.18 Å². The van der Waals surface area contributed by atoms with E-state index in [1.165, 1.54) is 6.07 Å². The Bertz CT molecular complexity index is 692. The number of quaternary nitrogens is 1. The monoisotopic (exact) mass is 395 g/mol. The second-order valence-electron chi connectivity index (χ2n) is 5.72. The van der Waals surface area contributed by atoms with Crippen LogP contribution in [0.3, 0.4) is 0 Å². The van der Waals surface area contributed by atoms with Gasteiger partial charge in [0.25, 0.3) is 5.91 Å². The molecule has 2 aromatic carbocycles. The minimum atomic E-state index is -0.417. The Labute approximate surface area is 149 Å². The van der Waals surface area contributed by atoms with Gasteiger partial charge in [-0.3, -0.25) is 4.79 Å². The summed E-state index contributed by atoms with van der Waals surface area (Å²) in [6, 6.07) is 12.3. The Kier molecular flexibility index (Phi) is 6.75. The highest BCUT2D eigenvalue weighted by atomic mass is 79.9. The van der Waals surface area contributed by atoms with Gasteiger partial charge in [-0.2, -0.15) is 0 Å². The van der Waals surface area contributed by atoms with Crippen LogP contribution in [0.4, 0.5) is 10.1 Å². The minimum absolute atomic E-state index is 0.213. The second-order valence-corrected chi connectivity index (χ2v) is 6.63. The van der Waals surface area contributed by atoms with Crippen molar-refractivity contribution in [2.24, 2.45) is 0 Å². The summed E-state index contributed by atoms with van der Waals surface area (Å²) in [4.78, 5) is 13.0. The van der Waals surface area contributed by atoms with Crippen molar-refractivity contribution in [1.29, 1.82) is 0 Å². The number of ether oxygens (including phenoxy) is 1. The molecule has 4 nitrogen and oxygen atoms in total. The molecule has 0 aliphatic heterocycles. The van der Waals surface area contributed by atoms with Gasteiger partial charge in [0.05, 0.1) is 12.7 Å². The molecule has 0 aliphatic carbocycles. The molecular weight excluding hydrogens is 375 g/mol. The van der Waals surface area contributed by atoms with Crippen molar-refractivity contribution in [3.8, 4) is 5.75 Å². The van der Waals surface area contributed by atoms with Crippen LogP contribution in [0.25, 0.3) is 0 Å². The molecule has 1 amide bonds. The van der Waals surface area contributed by atoms with E-state index in [2.05, 4.69) is 21.2 Å². The number of rotatable bonds is 7. The number of hydrogen-bond donors (Lipinski definition) is 2. The molecule has 2 rings (SSSR count). The summed E-state index contributed by atoms with van der Waals surface area (Å²) in [6.07, 6.45) is 0. The molecule has 2 N–H and O–H groups in total. The number of likely N-dealkylation sites (N-methyl/N-ethyl adjacent to an activating group) is 1. The number of halogens is 2. The molecule has 1 atom stereocenters. The summed E-state index contributed by atoms with van der Waals surface area (Å²) >= 11 is 3.37. The molecule has 0 aromatic heterocycles. The molecule has 0 saturated heterocycles. The Morgan fingerprint density at radius 2 is 1.96 bits per heavy atom. The molecule has 0 fully saturated rings. The van der Waals surface area contributed by atoms with E-state index in [4.69, 9.17) is 4.74 Å². The molecule has 0 radical (unpaired) electrons. The van der Waals surface area contributed by atoms with Gasteiger partial charge < -0.3 is 15.0 Å². The van der Waals surface area contributed by atoms with Crippen molar-refractivity contribution >= 4 is 27.5 Å². The molecular formula is C18H21BrFN2O2+. The second kappa shape index (κ2) is 8.80. The number of benzene rings is 2. The zero-order valence-corrected chi connectivity index (χ0v) is 15.3. The normalized spacial score (nSPS) is 11.8. The van der Waals surface area contributed by atoms with Crippen LogP contribution in [-0.4, -0.2) is 32.7 Å². The fourth-order valence-electron chi connectivity index (χ4n) is 2.15. The van der Waals surface area contributed by atoms with Gasteiger partial charge in [-0.05, 0) is 48.9 Å². The quantitative estimate of drug-likeness (QED) is 0.755. The molecule has 2 aromatic rings. The van der Waals surface area contributed by atoms with Crippen LogP contribution < -0.4 is 15.0 Å². The van der Waals surface area contributed by atoms with E-state index in [0.29, 0.717) is 13.2 Å². The maximum Gasteiger partial charge on any atom is 0.279 e. The molecule has 0 bridgehead atoms. The molecule has 24 heavy (non-hydrogen) atoms. The highest BCUT2D eigenvalue weighted by molar-refractivity contribution is 9.10. The first-order chi connectivity index (χ1) is 11.4. The van der Waals surface area contributed by atoms with Crippen LogP contribution in [0, 0.1) is 12.7 Å². The summed E-state index contributed by atoms with van der Waals surface area (Å²) < 4.78 is 20.4. The summed E-state index contributed by atoms with van der Waals surface area (Å²) in [5.74, 6) is 0.149. The highest BCUT2D eigenvalue weighted by Gasteiger charge is 2.12. The lowest BCUT2D eigenvalue weighted by Gasteiger charge is -2.14. The predicted molar refractivity (Wildman–Crippen MR) is 96.0 cm³/mol. The number of anilines is 1. The Morgan fingerprint density at radius 1 is 1.25 bits per heavy atom. The third kappa shape index (κ3) is 5.94. The van der Waals surface area contributed by atoms with Crippen molar-refractivity contribution in [2.75, 3.05) is 32.1 Å². The lowest BCUT2D eigenvalue weighted by molar-refractivity contribution is -0.871. The van der Waals surface area contributed by atoms with Gasteiger partial charge in [0.2, 0.25) is 0 Å². The van der Waals surface area contributed by atoms with E-state index in [-0.39, 0.29) is 18.1 Å². The molecule has 6 heteroatoms. The maximum atomic E-state index is 13.7. The van der Waals surface area contributed by atoms with Gasteiger partial charge in [-0.15, -0.1) is 0 Å². The summed E-state index contributed by atoms with van der Waals surface area (Å²) in [5.41, 5.74) is 1.03. The molecule has 0 heterocycles. The molecule has 0 aliphatic rings. The van der Waals surface area contributed by atoms with Crippen LogP contribution in [-0.2, 0) is 4.79 Å². The number of carbonyl (C=O) groups excluding carboxylic acids is 1. The van der Waals surface area contributed by atoms with Gasteiger partial charge >= 0.3 is 0 Å². The van der Waals surface area contributed by atoms with E-state index in [1.54, 1.807) is 19.1 Å². The number of aryl methyl sites for hydroxylation is 1. The summed E-state index contributed by atoms with van der Waals surface area (Å²) in [7, 11) is 1.90. The van der Waals surface area contributed by atoms with Crippen LogP contribution in [0.1, 0.15) is 5.56 Å². The summed E-state index contributed by atoms with van der Waals surface area (Å²) in [5, 5.41) is 2.60. The third-order valence-electron chi connectivity index (χ3n) is 3.47. The SMILES string of the molecule is Cc1ccc(NC(=O)C[NH+](C)CCOc2ccc(Br)cc2)c(F)c1. The van der Waals surface area contributed by atoms with Crippen molar-refractivity contribution in [3.63, 3.8) is 0 Å². The first kappa shape index (κ1) is 18.4.